The van der Waals surface area contributed by atoms with Crippen LogP contribution >= 0.6 is 11.3 Å². The van der Waals surface area contributed by atoms with Gasteiger partial charge in [-0.15, -0.1) is 11.3 Å². The summed E-state index contributed by atoms with van der Waals surface area (Å²) in [5, 5.41) is 0. The Labute approximate surface area is 127 Å². The minimum Gasteiger partial charge on any atom is -0.464 e. The van der Waals surface area contributed by atoms with Gasteiger partial charge in [0.15, 0.2) is 9.90 Å². The number of carbonyl (C=O) groups excluding carboxylic acids is 1. The quantitative estimate of drug-likeness (QED) is 0.520. The van der Waals surface area contributed by atoms with E-state index in [9.17, 15) is 13.2 Å². The van der Waals surface area contributed by atoms with Gasteiger partial charge >= 0.3 is 5.97 Å². The molecule has 0 aliphatic heterocycles. The van der Waals surface area contributed by atoms with Crippen LogP contribution in [-0.2, 0) is 19.5 Å². The maximum atomic E-state index is 12.4. The molecule has 1 aliphatic rings. The van der Waals surface area contributed by atoms with Gasteiger partial charge in [0.1, 0.15) is 0 Å². The highest BCUT2D eigenvalue weighted by Gasteiger charge is 2.30. The molecule has 1 saturated carbocycles. The normalized spacial score (nSPS) is 15.4. The first-order valence-corrected chi connectivity index (χ1v) is 8.84. The SMILES string of the molecule is COC(=O)c1ncsc1S(=O)(=O)N(C)CCOCC1CC1. The van der Waals surface area contributed by atoms with Crippen LogP contribution in [0.5, 0.6) is 0 Å². The monoisotopic (exact) mass is 334 g/mol. The van der Waals surface area contributed by atoms with Crippen LogP contribution in [-0.4, -0.2) is 57.6 Å². The Hall–Kier alpha value is -1.03. The molecule has 1 fully saturated rings. The van der Waals surface area contributed by atoms with Crippen LogP contribution in [0.25, 0.3) is 0 Å². The predicted molar refractivity (Wildman–Crippen MR) is 76.8 cm³/mol. The fourth-order valence-electron chi connectivity index (χ4n) is 1.64. The van der Waals surface area contributed by atoms with E-state index in [1.807, 2.05) is 0 Å². The number of carbonyl (C=O) groups is 1. The van der Waals surface area contributed by atoms with Gasteiger partial charge in [-0.1, -0.05) is 0 Å². The number of methoxy groups -OCH3 is 1. The molecule has 0 N–H and O–H groups in total. The number of sulfonamides is 1. The molecule has 9 heteroatoms. The molecule has 118 valence electrons. The molecule has 1 heterocycles. The van der Waals surface area contributed by atoms with Crippen LogP contribution in [0.15, 0.2) is 9.72 Å². The Kier molecular flexibility index (Phi) is 5.31. The van der Waals surface area contributed by atoms with Crippen molar-refractivity contribution in [2.24, 2.45) is 5.92 Å². The molecule has 0 spiro atoms. The number of hydrogen-bond donors (Lipinski definition) is 0. The van der Waals surface area contributed by atoms with Gasteiger partial charge in [-0.2, -0.15) is 4.31 Å². The molecular weight excluding hydrogens is 316 g/mol. The summed E-state index contributed by atoms with van der Waals surface area (Å²) in [6.07, 6.45) is 2.38. The number of nitrogens with zero attached hydrogens (tertiary/aromatic N) is 2. The highest BCUT2D eigenvalue weighted by Crippen LogP contribution is 2.28. The fraction of sp³-hybridized carbons (Fsp3) is 0.667. The van der Waals surface area contributed by atoms with Crippen LogP contribution in [0, 0.1) is 5.92 Å². The summed E-state index contributed by atoms with van der Waals surface area (Å²) in [7, 11) is -1.12. The molecule has 0 aromatic carbocycles. The average Bonchev–Trinajstić information content (AvgIpc) is 3.15. The summed E-state index contributed by atoms with van der Waals surface area (Å²) in [5.74, 6) is -0.118. The molecule has 21 heavy (non-hydrogen) atoms. The first kappa shape index (κ1) is 16.3. The van der Waals surface area contributed by atoms with Crippen molar-refractivity contribution < 1.29 is 22.7 Å². The van der Waals surface area contributed by atoms with Crippen LogP contribution < -0.4 is 0 Å². The second-order valence-electron chi connectivity index (χ2n) is 4.82. The van der Waals surface area contributed by atoms with Crippen molar-refractivity contribution >= 4 is 27.3 Å². The molecular formula is C12H18N2O5S2. The van der Waals surface area contributed by atoms with E-state index in [2.05, 4.69) is 9.72 Å². The molecule has 1 aliphatic carbocycles. The second kappa shape index (κ2) is 6.82. The van der Waals surface area contributed by atoms with Gasteiger partial charge in [0.05, 0.1) is 19.2 Å². The lowest BCUT2D eigenvalue weighted by molar-refractivity contribution is 0.0590. The molecule has 2 rings (SSSR count). The largest absolute Gasteiger partial charge is 0.464 e. The zero-order chi connectivity index (χ0) is 15.5. The zero-order valence-electron chi connectivity index (χ0n) is 11.9. The summed E-state index contributed by atoms with van der Waals surface area (Å²) in [5.41, 5.74) is 1.14. The molecule has 0 atom stereocenters. The molecule has 0 unspecified atom stereocenters. The first-order chi connectivity index (χ1) is 9.96. The van der Waals surface area contributed by atoms with Crippen molar-refractivity contribution in [3.05, 3.63) is 11.2 Å². The third-order valence-corrected chi connectivity index (χ3v) is 6.36. The van der Waals surface area contributed by atoms with E-state index in [1.165, 1.54) is 36.8 Å². The minimum atomic E-state index is -3.76. The standard InChI is InChI=1S/C12H18N2O5S2/c1-14(5-6-19-7-9-3-4-9)21(16,17)12-10(11(15)18-2)13-8-20-12/h8-9H,3-7H2,1-2H3. The van der Waals surface area contributed by atoms with Crippen LogP contribution in [0.1, 0.15) is 23.3 Å². The van der Waals surface area contributed by atoms with Crippen LogP contribution in [0.3, 0.4) is 0 Å². The van der Waals surface area contributed by atoms with E-state index >= 15 is 0 Å². The molecule has 1 aromatic heterocycles. The summed E-state index contributed by atoms with van der Waals surface area (Å²) >= 11 is 0.900. The lowest BCUT2D eigenvalue weighted by Gasteiger charge is -2.16. The lowest BCUT2D eigenvalue weighted by atomic mass is 10.5. The third kappa shape index (κ3) is 4.00. The Morgan fingerprint density at radius 1 is 1.52 bits per heavy atom. The molecule has 0 radical (unpaired) electrons. The smallest absolute Gasteiger partial charge is 0.358 e. The van der Waals surface area contributed by atoms with Gasteiger partial charge in [-0.25, -0.2) is 18.2 Å². The van der Waals surface area contributed by atoms with Crippen molar-refractivity contribution in [2.45, 2.75) is 17.1 Å². The maximum absolute atomic E-state index is 12.4. The summed E-state index contributed by atoms with van der Waals surface area (Å²) in [4.78, 5) is 15.3. The number of esters is 1. The number of likely N-dealkylation sites (N-methyl/N-ethyl adjacent to an activating group) is 1. The summed E-state index contributed by atoms with van der Waals surface area (Å²) in [6.45, 7) is 1.24. The van der Waals surface area contributed by atoms with Gasteiger partial charge in [0.25, 0.3) is 10.0 Å². The summed E-state index contributed by atoms with van der Waals surface area (Å²) < 4.78 is 35.9. The summed E-state index contributed by atoms with van der Waals surface area (Å²) in [6, 6.07) is 0. The number of ether oxygens (including phenoxy) is 2. The van der Waals surface area contributed by atoms with Crippen molar-refractivity contribution in [2.75, 3.05) is 33.9 Å². The minimum absolute atomic E-state index is 0.0981. The second-order valence-corrected chi connectivity index (χ2v) is 7.92. The molecule has 0 saturated heterocycles. The third-order valence-electron chi connectivity index (χ3n) is 3.16. The van der Waals surface area contributed by atoms with Gasteiger partial charge < -0.3 is 9.47 Å². The van der Waals surface area contributed by atoms with Crippen LogP contribution in [0.2, 0.25) is 0 Å². The fourth-order valence-corrected chi connectivity index (χ4v) is 4.12. The van der Waals surface area contributed by atoms with Gasteiger partial charge in [-0.3, -0.25) is 0 Å². The Morgan fingerprint density at radius 2 is 2.24 bits per heavy atom. The number of thiazole rings is 1. The Balaban J connectivity index is 1.98. The van der Waals surface area contributed by atoms with Crippen molar-refractivity contribution in [1.29, 1.82) is 0 Å². The number of rotatable bonds is 8. The van der Waals surface area contributed by atoms with Crippen LogP contribution in [0.4, 0.5) is 0 Å². The number of aromatic nitrogens is 1. The van der Waals surface area contributed by atoms with E-state index in [4.69, 9.17) is 4.74 Å². The van der Waals surface area contributed by atoms with Gasteiger partial charge in [0, 0.05) is 20.2 Å². The predicted octanol–water partition coefficient (Wildman–Crippen LogP) is 0.977. The number of hydrogen-bond acceptors (Lipinski definition) is 7. The molecule has 0 bridgehead atoms. The zero-order valence-corrected chi connectivity index (χ0v) is 13.6. The lowest BCUT2D eigenvalue weighted by Crippen LogP contribution is -2.31. The van der Waals surface area contributed by atoms with E-state index in [-0.39, 0.29) is 16.4 Å². The highest BCUT2D eigenvalue weighted by molar-refractivity contribution is 7.91. The van der Waals surface area contributed by atoms with Gasteiger partial charge in [0.2, 0.25) is 0 Å². The van der Waals surface area contributed by atoms with Gasteiger partial charge in [-0.05, 0) is 18.8 Å². The average molecular weight is 334 g/mol. The Morgan fingerprint density at radius 3 is 2.86 bits per heavy atom. The van der Waals surface area contributed by atoms with E-state index < -0.39 is 16.0 Å². The topological polar surface area (TPSA) is 85.8 Å². The first-order valence-electron chi connectivity index (χ1n) is 6.52. The Bertz CT molecular complexity index is 595. The van der Waals surface area contributed by atoms with Crippen molar-refractivity contribution in [3.63, 3.8) is 0 Å². The highest BCUT2D eigenvalue weighted by atomic mass is 32.2. The van der Waals surface area contributed by atoms with E-state index in [0.717, 1.165) is 11.3 Å². The van der Waals surface area contributed by atoms with E-state index in [0.29, 0.717) is 19.1 Å². The van der Waals surface area contributed by atoms with E-state index in [1.54, 1.807) is 0 Å². The maximum Gasteiger partial charge on any atom is 0.358 e. The van der Waals surface area contributed by atoms with Crippen molar-refractivity contribution in [1.82, 2.24) is 9.29 Å². The molecule has 0 amide bonds. The van der Waals surface area contributed by atoms with Crippen molar-refractivity contribution in [3.8, 4) is 0 Å². The molecule has 1 aromatic rings. The molecule has 7 nitrogen and oxygen atoms in total.